The fourth-order valence-electron chi connectivity index (χ4n) is 4.53. The lowest BCUT2D eigenvalue weighted by atomic mass is 9.74. The molecule has 130 valence electrons. The first-order chi connectivity index (χ1) is 11.8. The van der Waals surface area contributed by atoms with Crippen LogP contribution < -0.4 is 4.90 Å². The van der Waals surface area contributed by atoms with Crippen molar-refractivity contribution in [2.24, 2.45) is 11.8 Å². The van der Waals surface area contributed by atoms with Crippen molar-refractivity contribution in [3.63, 3.8) is 0 Å². The first-order valence-corrected chi connectivity index (χ1v) is 8.49. The Labute approximate surface area is 146 Å². The van der Waals surface area contributed by atoms with Crippen LogP contribution in [0.4, 0.5) is 5.69 Å². The molecule has 4 rings (SSSR count). The van der Waals surface area contributed by atoms with Crippen molar-refractivity contribution in [3.8, 4) is 0 Å². The first kappa shape index (κ1) is 16.1. The molecule has 1 aromatic rings. The first-order valence-electron chi connectivity index (χ1n) is 8.49. The molecule has 3 aliphatic heterocycles. The van der Waals surface area contributed by atoms with Crippen molar-refractivity contribution in [1.29, 1.82) is 0 Å². The molecular weight excluding hydrogens is 318 g/mol. The molecule has 1 spiro atoms. The van der Waals surface area contributed by atoms with Crippen LogP contribution in [0.25, 0.3) is 0 Å². The number of amides is 1. The largest absolute Gasteiger partial charge is 0.481 e. The standard InChI is InChI=1S/C20H21NO4/c1-11(2)10-15-20-9-8-14(25-20)16(19(23)24)17(20)18(22)21(15)13-6-4-12(3)5-7-13/h4-9,14-17H,1,10H2,2-3H3,(H,23,24)/t14-,15-,16+,17-,20-/m1/s1. The fraction of sp³-hybridized carbons (Fsp3) is 0.400. The van der Waals surface area contributed by atoms with E-state index in [4.69, 9.17) is 4.74 Å². The molecule has 25 heavy (non-hydrogen) atoms. The van der Waals surface area contributed by atoms with Crippen molar-refractivity contribution in [2.45, 2.75) is 38.0 Å². The molecular formula is C20H21NO4. The van der Waals surface area contributed by atoms with Gasteiger partial charge in [0, 0.05) is 5.69 Å². The molecule has 5 atom stereocenters. The number of carbonyl (C=O) groups excluding carboxylic acids is 1. The van der Waals surface area contributed by atoms with Gasteiger partial charge in [0.05, 0.1) is 18.1 Å². The topological polar surface area (TPSA) is 66.8 Å². The van der Waals surface area contributed by atoms with Crippen molar-refractivity contribution in [3.05, 3.63) is 54.1 Å². The van der Waals surface area contributed by atoms with Crippen LogP contribution in [0.2, 0.25) is 0 Å². The zero-order valence-electron chi connectivity index (χ0n) is 14.3. The Morgan fingerprint density at radius 3 is 2.64 bits per heavy atom. The number of fused-ring (bicyclic) bond motifs is 1. The number of anilines is 1. The summed E-state index contributed by atoms with van der Waals surface area (Å²) in [7, 11) is 0. The van der Waals surface area contributed by atoms with Crippen LogP contribution in [-0.4, -0.2) is 34.7 Å². The molecule has 0 aromatic heterocycles. The van der Waals surface area contributed by atoms with Gasteiger partial charge >= 0.3 is 5.97 Å². The van der Waals surface area contributed by atoms with E-state index in [1.807, 2.05) is 44.2 Å². The minimum Gasteiger partial charge on any atom is -0.481 e. The number of nitrogens with zero attached hydrogens (tertiary/aromatic N) is 1. The number of benzene rings is 1. The van der Waals surface area contributed by atoms with E-state index in [0.29, 0.717) is 6.42 Å². The lowest BCUT2D eigenvalue weighted by Gasteiger charge is -2.33. The van der Waals surface area contributed by atoms with Gasteiger partial charge < -0.3 is 14.7 Å². The third kappa shape index (κ3) is 2.12. The number of hydrogen-bond acceptors (Lipinski definition) is 3. The normalized spacial score (nSPS) is 35.3. The molecule has 2 bridgehead atoms. The van der Waals surface area contributed by atoms with Gasteiger partial charge in [-0.05, 0) is 32.4 Å². The Bertz CT molecular complexity index is 796. The molecule has 1 amide bonds. The highest BCUT2D eigenvalue weighted by atomic mass is 16.5. The lowest BCUT2D eigenvalue weighted by molar-refractivity contribution is -0.146. The predicted octanol–water partition coefficient (Wildman–Crippen LogP) is 2.70. The number of carboxylic acid groups (broad SMARTS) is 1. The summed E-state index contributed by atoms with van der Waals surface area (Å²) in [5.41, 5.74) is 1.93. The third-order valence-corrected chi connectivity index (χ3v) is 5.56. The minimum absolute atomic E-state index is 0.172. The van der Waals surface area contributed by atoms with Crippen molar-refractivity contribution < 1.29 is 19.4 Å². The molecule has 0 saturated carbocycles. The van der Waals surface area contributed by atoms with Gasteiger partial charge in [-0.15, -0.1) is 6.58 Å². The maximum absolute atomic E-state index is 13.3. The van der Waals surface area contributed by atoms with E-state index in [9.17, 15) is 14.7 Å². The number of aliphatic carboxylic acids is 1. The van der Waals surface area contributed by atoms with Crippen molar-refractivity contribution >= 4 is 17.6 Å². The summed E-state index contributed by atoms with van der Waals surface area (Å²) in [6.45, 7) is 7.91. The summed E-state index contributed by atoms with van der Waals surface area (Å²) in [6, 6.07) is 7.44. The number of carbonyl (C=O) groups is 2. The summed E-state index contributed by atoms with van der Waals surface area (Å²) in [5, 5.41) is 9.66. The second-order valence-corrected chi connectivity index (χ2v) is 7.36. The molecule has 0 aliphatic carbocycles. The molecule has 5 heteroatoms. The van der Waals surface area contributed by atoms with Crippen LogP contribution in [0, 0.1) is 18.8 Å². The summed E-state index contributed by atoms with van der Waals surface area (Å²) < 4.78 is 6.12. The van der Waals surface area contributed by atoms with Gasteiger partial charge in [0.15, 0.2) is 0 Å². The average molecular weight is 339 g/mol. The minimum atomic E-state index is -0.977. The second kappa shape index (κ2) is 5.30. The van der Waals surface area contributed by atoms with Crippen LogP contribution in [0.3, 0.4) is 0 Å². The third-order valence-electron chi connectivity index (χ3n) is 5.56. The zero-order chi connectivity index (χ0) is 17.9. The maximum atomic E-state index is 13.3. The quantitative estimate of drug-likeness (QED) is 0.857. The van der Waals surface area contributed by atoms with Crippen LogP contribution in [-0.2, 0) is 14.3 Å². The number of carboxylic acids is 1. The maximum Gasteiger partial charge on any atom is 0.310 e. The van der Waals surface area contributed by atoms with Crippen molar-refractivity contribution in [2.75, 3.05) is 4.90 Å². The highest BCUT2D eigenvalue weighted by molar-refractivity contribution is 6.03. The molecule has 0 unspecified atom stereocenters. The summed E-state index contributed by atoms with van der Waals surface area (Å²) in [6.07, 6.45) is 3.74. The molecule has 5 nitrogen and oxygen atoms in total. The van der Waals surface area contributed by atoms with Gasteiger partial charge in [-0.1, -0.05) is 35.4 Å². The SMILES string of the molecule is C=C(C)C[C@H]1N(c2ccc(C)cc2)C(=O)[C@H]2[C@@H](C(=O)O)[C@H]3C=C[C@]21O3. The Morgan fingerprint density at radius 2 is 2.04 bits per heavy atom. The van der Waals surface area contributed by atoms with Gasteiger partial charge in [-0.25, -0.2) is 0 Å². The van der Waals surface area contributed by atoms with E-state index < -0.39 is 29.5 Å². The van der Waals surface area contributed by atoms with E-state index in [1.165, 1.54) is 0 Å². The van der Waals surface area contributed by atoms with E-state index in [1.54, 1.807) is 11.0 Å². The Balaban J connectivity index is 1.84. The van der Waals surface area contributed by atoms with E-state index in [0.717, 1.165) is 16.8 Å². The monoisotopic (exact) mass is 339 g/mol. The lowest BCUT2D eigenvalue weighted by Crippen LogP contribution is -2.45. The van der Waals surface area contributed by atoms with Gasteiger partial charge in [0.25, 0.3) is 0 Å². The van der Waals surface area contributed by atoms with E-state index in [-0.39, 0.29) is 11.9 Å². The Morgan fingerprint density at radius 1 is 1.36 bits per heavy atom. The van der Waals surface area contributed by atoms with Gasteiger partial charge in [-0.3, -0.25) is 9.59 Å². The number of aryl methyl sites for hydroxylation is 1. The highest BCUT2D eigenvalue weighted by Crippen LogP contribution is 2.56. The van der Waals surface area contributed by atoms with Crippen LogP contribution >= 0.6 is 0 Å². The molecule has 0 radical (unpaired) electrons. The van der Waals surface area contributed by atoms with Gasteiger partial charge in [0.2, 0.25) is 5.91 Å². The van der Waals surface area contributed by atoms with Crippen LogP contribution in [0.5, 0.6) is 0 Å². The van der Waals surface area contributed by atoms with E-state index in [2.05, 4.69) is 6.58 Å². The second-order valence-electron chi connectivity index (χ2n) is 7.36. The number of rotatable bonds is 4. The van der Waals surface area contributed by atoms with Crippen molar-refractivity contribution in [1.82, 2.24) is 0 Å². The average Bonchev–Trinajstić information content (AvgIpc) is 3.18. The Hall–Kier alpha value is -2.40. The zero-order valence-corrected chi connectivity index (χ0v) is 14.3. The number of ether oxygens (including phenoxy) is 1. The molecule has 2 fully saturated rings. The molecule has 1 aromatic carbocycles. The summed E-state index contributed by atoms with van der Waals surface area (Å²) >= 11 is 0. The van der Waals surface area contributed by atoms with Gasteiger partial charge in [0.1, 0.15) is 11.5 Å². The summed E-state index contributed by atoms with van der Waals surface area (Å²) in [5.74, 6) is -2.67. The summed E-state index contributed by atoms with van der Waals surface area (Å²) in [4.78, 5) is 26.8. The smallest absolute Gasteiger partial charge is 0.310 e. The van der Waals surface area contributed by atoms with E-state index >= 15 is 0 Å². The predicted molar refractivity (Wildman–Crippen MR) is 93.2 cm³/mol. The molecule has 2 saturated heterocycles. The highest BCUT2D eigenvalue weighted by Gasteiger charge is 2.71. The molecule has 1 N–H and O–H groups in total. The molecule has 3 heterocycles. The van der Waals surface area contributed by atoms with Crippen LogP contribution in [0.15, 0.2) is 48.6 Å². The van der Waals surface area contributed by atoms with Gasteiger partial charge in [-0.2, -0.15) is 0 Å². The van der Waals surface area contributed by atoms with Crippen LogP contribution in [0.1, 0.15) is 18.9 Å². The fourth-order valence-corrected chi connectivity index (χ4v) is 4.53. The Kier molecular flexibility index (Phi) is 3.41. The molecule has 3 aliphatic rings. The number of hydrogen-bond donors (Lipinski definition) is 1.